The highest BCUT2D eigenvalue weighted by atomic mass is 19.1. The van der Waals surface area contributed by atoms with Crippen LogP contribution in [0, 0.1) is 12.7 Å². The fourth-order valence-electron chi connectivity index (χ4n) is 4.24. The Hall–Kier alpha value is -3.73. The molecule has 4 nitrogen and oxygen atoms in total. The standard InChI is InChI=1S/C26H20FNO3/c1-15-4-2-5-19(16-8-9-16)20(15)14-21-24-22(27)6-3-7-23(24)28(25(21)29)18-12-10-17(11-13-18)26(30)31/h2-7,10-14,16H,8-9H2,1H3,(H,30,31)/b21-14-. The molecule has 154 valence electrons. The quantitative estimate of drug-likeness (QED) is 0.540. The summed E-state index contributed by atoms with van der Waals surface area (Å²) in [7, 11) is 0. The maximum absolute atomic E-state index is 15.0. The molecule has 3 aromatic rings. The number of hydrogen-bond donors (Lipinski definition) is 1. The van der Waals surface area contributed by atoms with Crippen molar-refractivity contribution in [3.8, 4) is 0 Å². The molecule has 31 heavy (non-hydrogen) atoms. The number of carboxylic acids is 1. The highest BCUT2D eigenvalue weighted by Crippen LogP contribution is 2.46. The number of rotatable bonds is 4. The number of carbonyl (C=O) groups excluding carboxylic acids is 1. The molecule has 5 heteroatoms. The number of amides is 1. The van der Waals surface area contributed by atoms with E-state index >= 15 is 0 Å². The molecule has 1 heterocycles. The van der Waals surface area contributed by atoms with E-state index in [9.17, 15) is 14.0 Å². The lowest BCUT2D eigenvalue weighted by atomic mass is 9.95. The number of anilines is 2. The highest BCUT2D eigenvalue weighted by molar-refractivity contribution is 6.38. The molecule has 1 fully saturated rings. The Morgan fingerprint density at radius 1 is 1.06 bits per heavy atom. The Bertz CT molecular complexity index is 1260. The highest BCUT2D eigenvalue weighted by Gasteiger charge is 2.36. The number of hydrogen-bond acceptors (Lipinski definition) is 2. The fraction of sp³-hybridized carbons (Fsp3) is 0.154. The van der Waals surface area contributed by atoms with E-state index in [1.165, 1.54) is 28.7 Å². The van der Waals surface area contributed by atoms with Crippen molar-refractivity contribution in [1.82, 2.24) is 0 Å². The second-order valence-corrected chi connectivity index (χ2v) is 8.04. The van der Waals surface area contributed by atoms with Gasteiger partial charge >= 0.3 is 5.97 Å². The minimum absolute atomic E-state index is 0.125. The van der Waals surface area contributed by atoms with Crippen LogP contribution in [-0.2, 0) is 4.79 Å². The van der Waals surface area contributed by atoms with Crippen molar-refractivity contribution in [2.24, 2.45) is 0 Å². The van der Waals surface area contributed by atoms with Gasteiger partial charge in [0.2, 0.25) is 0 Å². The van der Waals surface area contributed by atoms with Crippen molar-refractivity contribution >= 4 is 34.9 Å². The van der Waals surface area contributed by atoms with E-state index in [1.807, 2.05) is 25.1 Å². The molecule has 0 atom stereocenters. The van der Waals surface area contributed by atoms with Crippen LogP contribution < -0.4 is 4.90 Å². The van der Waals surface area contributed by atoms with Gasteiger partial charge in [0, 0.05) is 11.3 Å². The van der Waals surface area contributed by atoms with Gasteiger partial charge in [-0.1, -0.05) is 24.3 Å². The monoisotopic (exact) mass is 413 g/mol. The number of fused-ring (bicyclic) bond motifs is 1. The van der Waals surface area contributed by atoms with Crippen LogP contribution in [0.5, 0.6) is 0 Å². The predicted octanol–water partition coefficient (Wildman–Crippen LogP) is 5.93. The van der Waals surface area contributed by atoms with Crippen LogP contribution in [0.15, 0.2) is 60.7 Å². The zero-order chi connectivity index (χ0) is 21.7. The molecule has 0 bridgehead atoms. The molecule has 2 aliphatic rings. The van der Waals surface area contributed by atoms with E-state index in [2.05, 4.69) is 6.07 Å². The maximum atomic E-state index is 15.0. The Morgan fingerprint density at radius 3 is 2.45 bits per heavy atom. The summed E-state index contributed by atoms with van der Waals surface area (Å²) in [5.41, 5.74) is 4.89. The zero-order valence-corrected chi connectivity index (χ0v) is 16.9. The summed E-state index contributed by atoms with van der Waals surface area (Å²) in [5.74, 6) is -1.34. The third kappa shape index (κ3) is 3.22. The maximum Gasteiger partial charge on any atom is 0.335 e. The van der Waals surface area contributed by atoms with Crippen molar-refractivity contribution in [1.29, 1.82) is 0 Å². The first-order valence-corrected chi connectivity index (χ1v) is 10.2. The van der Waals surface area contributed by atoms with Gasteiger partial charge in [0.15, 0.2) is 0 Å². The summed E-state index contributed by atoms with van der Waals surface area (Å²) in [6, 6.07) is 16.8. The van der Waals surface area contributed by atoms with E-state index in [-0.39, 0.29) is 17.0 Å². The molecule has 3 aromatic carbocycles. The first-order valence-electron chi connectivity index (χ1n) is 10.2. The van der Waals surface area contributed by atoms with Crippen LogP contribution in [0.1, 0.15) is 51.4 Å². The molecular formula is C26H20FNO3. The van der Waals surface area contributed by atoms with Crippen LogP contribution in [0.2, 0.25) is 0 Å². The van der Waals surface area contributed by atoms with E-state index in [0.29, 0.717) is 22.9 Å². The fourth-order valence-corrected chi connectivity index (χ4v) is 4.24. The summed E-state index contributed by atoms with van der Waals surface area (Å²) >= 11 is 0. The topological polar surface area (TPSA) is 57.6 Å². The first-order chi connectivity index (χ1) is 15.0. The Balaban J connectivity index is 1.67. The molecule has 0 unspecified atom stereocenters. The van der Waals surface area contributed by atoms with Gasteiger partial charge in [0.05, 0.1) is 16.8 Å². The van der Waals surface area contributed by atoms with Gasteiger partial charge in [-0.25, -0.2) is 9.18 Å². The summed E-state index contributed by atoms with van der Waals surface area (Å²) in [6.45, 7) is 2.00. The van der Waals surface area contributed by atoms with E-state index in [4.69, 9.17) is 5.11 Å². The molecule has 1 aliphatic carbocycles. The van der Waals surface area contributed by atoms with Gasteiger partial charge in [0.1, 0.15) is 5.82 Å². The Morgan fingerprint density at radius 2 is 1.77 bits per heavy atom. The first kappa shape index (κ1) is 19.2. The van der Waals surface area contributed by atoms with E-state index < -0.39 is 11.8 Å². The molecule has 0 aromatic heterocycles. The lowest BCUT2D eigenvalue weighted by Gasteiger charge is -2.17. The van der Waals surface area contributed by atoms with Crippen LogP contribution in [0.3, 0.4) is 0 Å². The number of benzene rings is 3. The van der Waals surface area contributed by atoms with Gasteiger partial charge in [-0.15, -0.1) is 0 Å². The number of aryl methyl sites for hydroxylation is 1. The summed E-state index contributed by atoms with van der Waals surface area (Å²) < 4.78 is 15.0. The van der Waals surface area contributed by atoms with Crippen molar-refractivity contribution < 1.29 is 19.1 Å². The lowest BCUT2D eigenvalue weighted by molar-refractivity contribution is -0.112. The summed E-state index contributed by atoms with van der Waals surface area (Å²) in [5, 5.41) is 9.16. The van der Waals surface area contributed by atoms with Gasteiger partial charge in [-0.3, -0.25) is 9.69 Å². The van der Waals surface area contributed by atoms with Crippen molar-refractivity contribution in [2.45, 2.75) is 25.7 Å². The molecule has 0 saturated heterocycles. The summed E-state index contributed by atoms with van der Waals surface area (Å²) in [4.78, 5) is 26.2. The van der Waals surface area contributed by atoms with E-state index in [0.717, 1.165) is 24.0 Å². The lowest BCUT2D eigenvalue weighted by Crippen LogP contribution is -2.20. The van der Waals surface area contributed by atoms with E-state index in [1.54, 1.807) is 24.3 Å². The SMILES string of the molecule is Cc1cccc(C2CC2)c1/C=C1\C(=O)N(c2ccc(C(=O)O)cc2)c2cccc(F)c21. The third-order valence-electron chi connectivity index (χ3n) is 5.97. The van der Waals surface area contributed by atoms with Crippen molar-refractivity contribution in [3.63, 3.8) is 0 Å². The second-order valence-electron chi connectivity index (χ2n) is 8.04. The number of nitrogens with zero attached hydrogens (tertiary/aromatic N) is 1. The average molecular weight is 413 g/mol. The van der Waals surface area contributed by atoms with Gasteiger partial charge in [-0.05, 0) is 84.8 Å². The van der Waals surface area contributed by atoms with Crippen LogP contribution in [0.25, 0.3) is 11.6 Å². The number of aromatic carboxylic acids is 1. The van der Waals surface area contributed by atoms with Gasteiger partial charge < -0.3 is 5.11 Å². The molecule has 0 radical (unpaired) electrons. The van der Waals surface area contributed by atoms with Crippen molar-refractivity contribution in [3.05, 3.63) is 94.3 Å². The third-order valence-corrected chi connectivity index (χ3v) is 5.97. The molecule has 5 rings (SSSR count). The van der Waals surface area contributed by atoms with Crippen molar-refractivity contribution in [2.75, 3.05) is 4.90 Å². The Labute approximate surface area is 179 Å². The minimum Gasteiger partial charge on any atom is -0.478 e. The predicted molar refractivity (Wildman–Crippen MR) is 118 cm³/mol. The molecule has 0 spiro atoms. The second kappa shape index (κ2) is 7.20. The van der Waals surface area contributed by atoms with Gasteiger partial charge in [0.25, 0.3) is 5.91 Å². The van der Waals surface area contributed by atoms with Crippen LogP contribution >= 0.6 is 0 Å². The molecular weight excluding hydrogens is 393 g/mol. The molecule has 1 saturated carbocycles. The molecule has 1 aliphatic heterocycles. The van der Waals surface area contributed by atoms with Crippen LogP contribution in [-0.4, -0.2) is 17.0 Å². The number of carbonyl (C=O) groups is 2. The van der Waals surface area contributed by atoms with Crippen LogP contribution in [0.4, 0.5) is 15.8 Å². The summed E-state index contributed by atoms with van der Waals surface area (Å²) in [6.07, 6.45) is 4.07. The molecule has 1 amide bonds. The number of carboxylic acid groups (broad SMARTS) is 1. The smallest absolute Gasteiger partial charge is 0.335 e. The minimum atomic E-state index is -1.04. The Kier molecular flexibility index (Phi) is 4.47. The average Bonchev–Trinajstić information content (AvgIpc) is 3.55. The largest absolute Gasteiger partial charge is 0.478 e. The molecule has 1 N–H and O–H groups in total. The zero-order valence-electron chi connectivity index (χ0n) is 16.9. The normalized spacial score (nSPS) is 16.6. The number of halogens is 1. The van der Waals surface area contributed by atoms with Gasteiger partial charge in [-0.2, -0.15) is 0 Å².